The van der Waals surface area contributed by atoms with Crippen molar-refractivity contribution in [3.05, 3.63) is 82.9 Å². The van der Waals surface area contributed by atoms with Crippen molar-refractivity contribution < 1.29 is 23.8 Å². The molecule has 2 aromatic rings. The van der Waals surface area contributed by atoms with Crippen molar-refractivity contribution in [1.29, 1.82) is 0 Å². The third-order valence-corrected chi connectivity index (χ3v) is 8.01. The van der Waals surface area contributed by atoms with Crippen LogP contribution in [0.1, 0.15) is 59.4 Å². The molecular formula is C30H33FO4. The summed E-state index contributed by atoms with van der Waals surface area (Å²) < 4.78 is 21.6. The Morgan fingerprint density at radius 3 is 2.49 bits per heavy atom. The van der Waals surface area contributed by atoms with Crippen LogP contribution in [0.25, 0.3) is 11.1 Å². The zero-order chi connectivity index (χ0) is 25.5. The number of ketones is 1. The number of fused-ring (bicyclic) bond motifs is 1. The Morgan fingerprint density at radius 1 is 1.17 bits per heavy atom. The molecule has 0 saturated carbocycles. The van der Waals surface area contributed by atoms with Crippen LogP contribution in [0.2, 0.25) is 0 Å². The largest absolute Gasteiger partial charge is 0.487 e. The molecule has 0 radical (unpaired) electrons. The summed E-state index contributed by atoms with van der Waals surface area (Å²) in [4.78, 5) is 25.0. The van der Waals surface area contributed by atoms with Crippen LogP contribution in [0, 0.1) is 17.7 Å². The molecule has 0 spiro atoms. The second kappa shape index (κ2) is 9.10. The summed E-state index contributed by atoms with van der Waals surface area (Å²) in [5, 5.41) is 10.2. The highest BCUT2D eigenvalue weighted by Gasteiger charge is 2.43. The maximum Gasteiger partial charge on any atom is 0.313 e. The fourth-order valence-electron chi connectivity index (χ4n) is 5.14. The SMILES string of the molecule is CC1=C2OC(C)(CCC(C)(C(=O)O)c3ccc(-c4ccccc4)c(F)c3)CC=C2C(C)C(=O)C1C. The Hall–Kier alpha value is -3.21. The van der Waals surface area contributed by atoms with Crippen LogP contribution in [-0.2, 0) is 19.7 Å². The molecule has 184 valence electrons. The predicted molar refractivity (Wildman–Crippen MR) is 134 cm³/mol. The van der Waals surface area contributed by atoms with Crippen LogP contribution in [0.4, 0.5) is 4.39 Å². The first-order valence-electron chi connectivity index (χ1n) is 12.2. The van der Waals surface area contributed by atoms with E-state index in [2.05, 4.69) is 6.08 Å². The quantitative estimate of drug-likeness (QED) is 0.495. The molecular weight excluding hydrogens is 443 g/mol. The average molecular weight is 477 g/mol. The first-order valence-corrected chi connectivity index (χ1v) is 12.2. The second-order valence-electron chi connectivity index (χ2n) is 10.5. The Balaban J connectivity index is 1.59. The highest BCUT2D eigenvalue weighted by atomic mass is 19.1. The van der Waals surface area contributed by atoms with E-state index in [1.54, 1.807) is 19.1 Å². The van der Waals surface area contributed by atoms with Crippen LogP contribution < -0.4 is 0 Å². The average Bonchev–Trinajstić information content (AvgIpc) is 2.85. The molecule has 0 saturated heterocycles. The van der Waals surface area contributed by atoms with Gasteiger partial charge >= 0.3 is 5.97 Å². The molecule has 4 rings (SSSR count). The van der Waals surface area contributed by atoms with Crippen LogP contribution >= 0.6 is 0 Å². The Morgan fingerprint density at radius 2 is 1.86 bits per heavy atom. The van der Waals surface area contributed by atoms with E-state index in [1.807, 2.05) is 58.0 Å². The number of hydrogen-bond donors (Lipinski definition) is 1. The first-order chi connectivity index (χ1) is 16.5. The molecule has 4 unspecified atom stereocenters. The van der Waals surface area contributed by atoms with Crippen molar-refractivity contribution >= 4 is 11.8 Å². The maximum absolute atomic E-state index is 15.1. The molecule has 1 N–H and O–H groups in total. The van der Waals surface area contributed by atoms with E-state index in [9.17, 15) is 14.7 Å². The van der Waals surface area contributed by atoms with E-state index in [0.29, 0.717) is 24.0 Å². The summed E-state index contributed by atoms with van der Waals surface area (Å²) in [7, 11) is 0. The molecule has 4 nitrogen and oxygen atoms in total. The van der Waals surface area contributed by atoms with Gasteiger partial charge in [-0.3, -0.25) is 9.59 Å². The molecule has 1 aliphatic heterocycles. The number of carbonyl (C=O) groups is 2. The van der Waals surface area contributed by atoms with Gasteiger partial charge in [0.05, 0.1) is 5.41 Å². The van der Waals surface area contributed by atoms with Gasteiger partial charge in [-0.15, -0.1) is 0 Å². The maximum atomic E-state index is 15.1. The number of carboxylic acids is 1. The summed E-state index contributed by atoms with van der Waals surface area (Å²) in [6.45, 7) is 9.38. The highest BCUT2D eigenvalue weighted by Crippen LogP contribution is 2.45. The lowest BCUT2D eigenvalue weighted by atomic mass is 9.73. The summed E-state index contributed by atoms with van der Waals surface area (Å²) in [5.41, 5.74) is 1.58. The van der Waals surface area contributed by atoms with Crippen molar-refractivity contribution in [2.24, 2.45) is 11.8 Å². The van der Waals surface area contributed by atoms with Crippen molar-refractivity contribution in [1.82, 2.24) is 0 Å². The topological polar surface area (TPSA) is 63.6 Å². The van der Waals surface area contributed by atoms with E-state index in [4.69, 9.17) is 4.74 Å². The van der Waals surface area contributed by atoms with Crippen LogP contribution in [0.5, 0.6) is 0 Å². The van der Waals surface area contributed by atoms with E-state index in [1.165, 1.54) is 6.07 Å². The molecule has 0 fully saturated rings. The standard InChI is InChI=1S/C30H33FO4/c1-18-19(2)27-23(20(3)26(18)32)13-14-29(4,35-27)15-16-30(5,28(33)34)22-11-12-24(25(31)17-22)21-9-7-6-8-10-21/h6-13,17-18,20H,14-16H2,1-5H3,(H,33,34). The predicted octanol–water partition coefficient (Wildman–Crippen LogP) is 6.85. The Bertz CT molecular complexity index is 1230. The van der Waals surface area contributed by atoms with Crippen molar-refractivity contribution in [2.75, 3.05) is 0 Å². The number of carbonyl (C=O) groups excluding carboxylic acids is 1. The van der Waals surface area contributed by atoms with E-state index in [0.717, 1.165) is 22.5 Å². The highest BCUT2D eigenvalue weighted by molar-refractivity contribution is 5.91. The lowest BCUT2D eigenvalue weighted by Crippen LogP contribution is -2.40. The molecule has 1 heterocycles. The zero-order valence-electron chi connectivity index (χ0n) is 21.0. The van der Waals surface area contributed by atoms with Gasteiger partial charge in [0.25, 0.3) is 0 Å². The van der Waals surface area contributed by atoms with Crippen molar-refractivity contribution in [2.45, 2.75) is 64.9 Å². The van der Waals surface area contributed by atoms with Gasteiger partial charge < -0.3 is 9.84 Å². The van der Waals surface area contributed by atoms with Gasteiger partial charge in [0.2, 0.25) is 0 Å². The normalized spacial score (nSPS) is 25.9. The lowest BCUT2D eigenvalue weighted by Gasteiger charge is -2.42. The molecule has 0 bridgehead atoms. The van der Waals surface area contributed by atoms with Gasteiger partial charge in [-0.1, -0.05) is 62.4 Å². The molecule has 35 heavy (non-hydrogen) atoms. The van der Waals surface area contributed by atoms with Gasteiger partial charge in [0.15, 0.2) is 0 Å². The minimum absolute atomic E-state index is 0.198. The molecule has 4 atom stereocenters. The number of ether oxygens (including phenoxy) is 1. The number of carboxylic acid groups (broad SMARTS) is 1. The smallest absolute Gasteiger partial charge is 0.313 e. The zero-order valence-corrected chi connectivity index (χ0v) is 21.0. The van der Waals surface area contributed by atoms with Gasteiger partial charge in [-0.2, -0.15) is 0 Å². The second-order valence-corrected chi connectivity index (χ2v) is 10.5. The number of aliphatic carboxylic acids is 1. The fourth-order valence-corrected chi connectivity index (χ4v) is 5.14. The van der Waals surface area contributed by atoms with Gasteiger partial charge in [-0.25, -0.2) is 4.39 Å². The van der Waals surface area contributed by atoms with E-state index < -0.39 is 22.8 Å². The third-order valence-electron chi connectivity index (χ3n) is 8.01. The minimum Gasteiger partial charge on any atom is -0.487 e. The van der Waals surface area contributed by atoms with E-state index in [-0.39, 0.29) is 24.0 Å². The number of hydrogen-bond acceptors (Lipinski definition) is 3. The van der Waals surface area contributed by atoms with Gasteiger partial charge in [0.1, 0.15) is 23.0 Å². The number of halogens is 1. The molecule has 5 heteroatoms. The fraction of sp³-hybridized carbons (Fsp3) is 0.400. The number of benzene rings is 2. The van der Waals surface area contributed by atoms with Crippen molar-refractivity contribution in [3.8, 4) is 11.1 Å². The first kappa shape index (κ1) is 24.9. The minimum atomic E-state index is -1.28. The van der Waals surface area contributed by atoms with Crippen LogP contribution in [-0.4, -0.2) is 22.5 Å². The molecule has 0 amide bonds. The van der Waals surface area contributed by atoms with Gasteiger partial charge in [-0.05, 0) is 56.4 Å². The summed E-state index contributed by atoms with van der Waals surface area (Å²) in [6, 6.07) is 13.9. The molecule has 0 aromatic heterocycles. The molecule has 2 aromatic carbocycles. The number of Topliss-reactive ketones (excluding diaryl/α,β-unsaturated/α-hetero) is 1. The van der Waals surface area contributed by atoms with Crippen LogP contribution in [0.3, 0.4) is 0 Å². The third kappa shape index (κ3) is 4.44. The van der Waals surface area contributed by atoms with E-state index >= 15 is 4.39 Å². The molecule has 1 aliphatic carbocycles. The Kier molecular flexibility index (Phi) is 6.48. The van der Waals surface area contributed by atoms with Crippen LogP contribution in [0.15, 0.2) is 71.5 Å². The molecule has 2 aliphatic rings. The van der Waals surface area contributed by atoms with Crippen molar-refractivity contribution in [3.63, 3.8) is 0 Å². The number of allylic oxidation sites excluding steroid dienone is 2. The summed E-state index contributed by atoms with van der Waals surface area (Å²) >= 11 is 0. The Labute approximate surface area is 206 Å². The summed E-state index contributed by atoms with van der Waals surface area (Å²) in [5.74, 6) is -0.873. The number of rotatable bonds is 6. The summed E-state index contributed by atoms with van der Waals surface area (Å²) in [6.07, 6.45) is 3.41. The van der Waals surface area contributed by atoms with Gasteiger partial charge in [0, 0.05) is 29.4 Å². The lowest BCUT2D eigenvalue weighted by molar-refractivity contribution is -0.144. The monoisotopic (exact) mass is 476 g/mol.